The van der Waals surface area contributed by atoms with E-state index in [2.05, 4.69) is 5.10 Å². The molecule has 0 fully saturated rings. The predicted octanol–water partition coefficient (Wildman–Crippen LogP) is 7.87. The molecular weight excluding hydrogens is 522 g/mol. The van der Waals surface area contributed by atoms with E-state index in [1.807, 2.05) is 6.07 Å². The molecule has 11 heteroatoms. The zero-order valence-electron chi connectivity index (χ0n) is 18.7. The molecule has 2 aromatic rings. The topological polar surface area (TPSA) is 49.0 Å². The van der Waals surface area contributed by atoms with Crippen molar-refractivity contribution in [2.24, 2.45) is 5.10 Å². The molecule has 5 rings (SSSR count). The summed E-state index contributed by atoms with van der Waals surface area (Å²) in [4.78, 5) is 0. The first-order valence-corrected chi connectivity index (χ1v) is 11.3. The highest BCUT2D eigenvalue weighted by Gasteiger charge is 2.74. The van der Waals surface area contributed by atoms with Gasteiger partial charge in [0.25, 0.3) is 5.60 Å². The van der Waals surface area contributed by atoms with Crippen molar-refractivity contribution in [1.29, 1.82) is 0 Å². The number of rotatable bonds is 4. The van der Waals surface area contributed by atoms with Crippen molar-refractivity contribution in [1.82, 2.24) is 0 Å². The fourth-order valence-corrected chi connectivity index (χ4v) is 4.66. The minimum absolute atomic E-state index is 0.0560. The van der Waals surface area contributed by atoms with Crippen LogP contribution in [0.2, 0.25) is 5.02 Å². The molecule has 0 radical (unpaired) electrons. The number of hydrogen-bond acceptors (Lipinski definition) is 4. The number of nitrogens with zero attached hydrogens (tertiary/aromatic N) is 2. The molecule has 1 N–H and O–H groups in total. The third-order valence-corrected chi connectivity index (χ3v) is 6.59. The minimum Gasteiger partial charge on any atom is -0.456 e. The van der Waals surface area contributed by atoms with Crippen LogP contribution in [-0.2, 0) is 0 Å². The van der Waals surface area contributed by atoms with Crippen LogP contribution in [0.25, 0.3) is 22.6 Å². The summed E-state index contributed by atoms with van der Waals surface area (Å²) in [6, 6.07) is 20.1. The average molecular weight is 539 g/mol. The fraction of sp³-hybridized carbons (Fsp3) is 0.192. The third kappa shape index (κ3) is 4.14. The highest BCUT2D eigenvalue weighted by Crippen LogP contribution is 2.50. The smallest absolute Gasteiger partial charge is 0.431 e. The van der Waals surface area contributed by atoms with E-state index in [1.54, 1.807) is 54.6 Å². The number of fused-ring (bicyclic) bond motifs is 1. The summed E-state index contributed by atoms with van der Waals surface area (Å²) < 4.78 is 88.4. The molecule has 0 saturated carbocycles. The summed E-state index contributed by atoms with van der Waals surface area (Å²) in [6.45, 7) is 0. The lowest BCUT2D eigenvalue weighted by Crippen LogP contribution is -2.62. The second kappa shape index (κ2) is 8.81. The van der Waals surface area contributed by atoms with Gasteiger partial charge in [0, 0.05) is 17.5 Å². The zero-order chi connectivity index (χ0) is 26.6. The predicted molar refractivity (Wildman–Crippen MR) is 127 cm³/mol. The van der Waals surface area contributed by atoms with Crippen molar-refractivity contribution < 1.29 is 35.9 Å². The molecule has 192 valence electrons. The second-order valence-corrected chi connectivity index (χ2v) is 8.91. The summed E-state index contributed by atoms with van der Waals surface area (Å²) in [6.07, 6.45) is -13.0. The lowest BCUT2D eigenvalue weighted by atomic mass is 9.88. The lowest BCUT2D eigenvalue weighted by Gasteiger charge is -2.32. The van der Waals surface area contributed by atoms with Gasteiger partial charge in [0.2, 0.25) is 0 Å². The highest BCUT2D eigenvalue weighted by molar-refractivity contribution is 6.33. The number of para-hydroxylation sites is 1. The molecular formula is C26H17ClF6N2O2. The van der Waals surface area contributed by atoms with Gasteiger partial charge in [0.05, 0.1) is 22.5 Å². The number of anilines is 1. The molecule has 1 unspecified atom stereocenters. The Balaban J connectivity index is 1.68. The maximum atomic E-state index is 13.7. The van der Waals surface area contributed by atoms with E-state index in [1.165, 1.54) is 18.2 Å². The van der Waals surface area contributed by atoms with Crippen LogP contribution in [-0.4, -0.2) is 28.8 Å². The van der Waals surface area contributed by atoms with Gasteiger partial charge in [0.1, 0.15) is 11.5 Å². The molecule has 2 aromatic carbocycles. The number of benzene rings is 2. The SMILES string of the molecule is OC(C1=NN(c2ccccc2Cl)C(c2ccccc2-c2ccc3cccc-3o2)C1)(C(F)(F)F)C(F)(F)F. The number of hydrazone groups is 1. The second-order valence-electron chi connectivity index (χ2n) is 8.50. The molecule has 1 aliphatic carbocycles. The van der Waals surface area contributed by atoms with Crippen molar-refractivity contribution in [3.63, 3.8) is 0 Å². The molecule has 2 heterocycles. The van der Waals surface area contributed by atoms with Crippen LogP contribution >= 0.6 is 11.6 Å². The van der Waals surface area contributed by atoms with E-state index in [0.29, 0.717) is 22.6 Å². The van der Waals surface area contributed by atoms with E-state index < -0.39 is 36.1 Å². The number of alkyl halides is 6. The van der Waals surface area contributed by atoms with Crippen LogP contribution in [0.15, 0.2) is 88.4 Å². The van der Waals surface area contributed by atoms with Crippen molar-refractivity contribution >= 4 is 23.0 Å². The molecule has 4 nitrogen and oxygen atoms in total. The average Bonchev–Trinajstić information content (AvgIpc) is 3.49. The molecule has 0 aromatic heterocycles. The highest BCUT2D eigenvalue weighted by atomic mass is 35.5. The minimum atomic E-state index is -6.07. The van der Waals surface area contributed by atoms with Crippen molar-refractivity contribution in [2.45, 2.75) is 30.4 Å². The fourth-order valence-electron chi connectivity index (χ4n) is 4.44. The van der Waals surface area contributed by atoms with Gasteiger partial charge in [0.15, 0.2) is 0 Å². The van der Waals surface area contributed by atoms with Gasteiger partial charge >= 0.3 is 12.4 Å². The Kier molecular flexibility index (Phi) is 5.99. The van der Waals surface area contributed by atoms with Crippen LogP contribution in [0.1, 0.15) is 18.0 Å². The quantitative estimate of drug-likeness (QED) is 0.269. The molecule has 2 aliphatic heterocycles. The molecule has 0 saturated heterocycles. The lowest BCUT2D eigenvalue weighted by molar-refractivity contribution is -0.338. The third-order valence-electron chi connectivity index (χ3n) is 6.28. The standard InChI is InChI=1S/C26H17ClF6N2O2/c27-18-9-3-4-10-19(18)35-20(14-23(34-35)24(36,25(28,29)30)26(31,32)33)16-7-1-2-8-17(16)22-13-12-15-6-5-11-21(15)37-22/h1-13,20,36H,14H2. The van der Waals surface area contributed by atoms with Gasteiger partial charge in [-0.15, -0.1) is 0 Å². The Morgan fingerprint density at radius 2 is 1.49 bits per heavy atom. The summed E-state index contributed by atoms with van der Waals surface area (Å²) in [7, 11) is 0. The number of halogens is 7. The molecule has 1 atom stereocenters. The Bertz CT molecular complexity index is 1430. The first-order valence-electron chi connectivity index (χ1n) is 11.0. The molecule has 37 heavy (non-hydrogen) atoms. The van der Waals surface area contributed by atoms with Gasteiger partial charge in [-0.2, -0.15) is 31.4 Å². The Hall–Kier alpha value is -3.50. The van der Waals surface area contributed by atoms with Gasteiger partial charge in [-0.05, 0) is 35.9 Å². The summed E-state index contributed by atoms with van der Waals surface area (Å²) >= 11 is 6.27. The van der Waals surface area contributed by atoms with Gasteiger partial charge in [-0.3, -0.25) is 5.01 Å². The van der Waals surface area contributed by atoms with Crippen molar-refractivity contribution in [3.05, 3.63) is 89.4 Å². The number of hydrogen-bond donors (Lipinski definition) is 1. The van der Waals surface area contributed by atoms with Crippen LogP contribution in [0.3, 0.4) is 0 Å². The van der Waals surface area contributed by atoms with E-state index >= 15 is 0 Å². The van der Waals surface area contributed by atoms with Gasteiger partial charge < -0.3 is 9.52 Å². The van der Waals surface area contributed by atoms with Crippen LogP contribution < -0.4 is 5.01 Å². The van der Waals surface area contributed by atoms with Gasteiger partial charge in [-0.1, -0.05) is 60.1 Å². The van der Waals surface area contributed by atoms with Crippen LogP contribution in [0.5, 0.6) is 0 Å². The van der Waals surface area contributed by atoms with Crippen molar-refractivity contribution in [2.75, 3.05) is 5.01 Å². The maximum absolute atomic E-state index is 13.7. The van der Waals surface area contributed by atoms with Crippen molar-refractivity contribution in [3.8, 4) is 22.6 Å². The van der Waals surface area contributed by atoms with E-state index in [4.69, 9.17) is 16.0 Å². The van der Waals surface area contributed by atoms with Crippen LogP contribution in [0, 0.1) is 0 Å². The normalized spacial score (nSPS) is 16.9. The van der Waals surface area contributed by atoms with E-state index in [-0.39, 0.29) is 10.7 Å². The molecule has 0 bridgehead atoms. The van der Waals surface area contributed by atoms with Gasteiger partial charge in [-0.25, -0.2) is 0 Å². The zero-order valence-corrected chi connectivity index (χ0v) is 19.4. The van der Waals surface area contributed by atoms with E-state index in [0.717, 1.165) is 10.6 Å². The first kappa shape index (κ1) is 25.2. The summed E-state index contributed by atoms with van der Waals surface area (Å²) in [5.41, 5.74) is -4.97. The monoisotopic (exact) mass is 538 g/mol. The molecule has 3 aliphatic rings. The summed E-state index contributed by atoms with van der Waals surface area (Å²) in [5, 5.41) is 14.9. The molecule has 0 amide bonds. The van der Waals surface area contributed by atoms with E-state index in [9.17, 15) is 31.4 Å². The number of aliphatic hydroxyl groups is 1. The Morgan fingerprint density at radius 1 is 0.811 bits per heavy atom. The Labute approximate surface area is 211 Å². The largest absolute Gasteiger partial charge is 0.456 e. The Morgan fingerprint density at radius 3 is 2.19 bits per heavy atom. The summed E-state index contributed by atoms with van der Waals surface area (Å²) in [5.74, 6) is 0.908. The first-order chi connectivity index (χ1) is 17.4. The molecule has 0 spiro atoms. The van der Waals surface area contributed by atoms with Crippen LogP contribution in [0.4, 0.5) is 32.0 Å². The maximum Gasteiger partial charge on any atom is 0.431 e.